The molecular formula is C66H38B2N6. The summed E-state index contributed by atoms with van der Waals surface area (Å²) in [5, 5.41) is 10.8. The quantitative estimate of drug-likeness (QED) is 0.161. The van der Waals surface area contributed by atoms with Crippen LogP contribution in [0.1, 0.15) is 12.1 Å². The third-order valence-electron chi connectivity index (χ3n) is 20.6. The molecule has 11 heterocycles. The maximum absolute atomic E-state index is 2.97. The molecule has 7 aliphatic heterocycles. The lowest BCUT2D eigenvalue weighted by Gasteiger charge is -2.68. The van der Waals surface area contributed by atoms with Crippen LogP contribution in [0.2, 0.25) is 11.6 Å². The minimum absolute atomic E-state index is 0.104. The number of hydrogen-bond acceptors (Lipinski definition) is 2. The van der Waals surface area contributed by atoms with Crippen LogP contribution < -0.4 is 31.7 Å². The van der Waals surface area contributed by atoms with Crippen LogP contribution in [0.25, 0.3) is 110 Å². The average molecular weight is 937 g/mol. The first-order chi connectivity index (χ1) is 36.8. The second kappa shape index (κ2) is 11.5. The van der Waals surface area contributed by atoms with Crippen molar-refractivity contribution < 1.29 is 0 Å². The van der Waals surface area contributed by atoms with Crippen molar-refractivity contribution >= 4 is 145 Å². The highest BCUT2D eigenvalue weighted by Gasteiger charge is 2.71. The van der Waals surface area contributed by atoms with Gasteiger partial charge in [0.05, 0.1) is 68.6 Å². The van der Waals surface area contributed by atoms with Crippen LogP contribution in [-0.2, 0) is 0 Å². The molecule has 0 N–H and O–H groups in total. The zero-order valence-corrected chi connectivity index (χ0v) is 39.8. The van der Waals surface area contributed by atoms with Crippen molar-refractivity contribution in [2.75, 3.05) is 9.80 Å². The Morgan fingerprint density at radius 2 is 0.689 bits per heavy atom. The van der Waals surface area contributed by atoms with E-state index >= 15 is 0 Å². The number of aromatic nitrogens is 4. The van der Waals surface area contributed by atoms with E-state index in [2.05, 4.69) is 222 Å². The third kappa shape index (κ3) is 3.52. The molecule has 1 aliphatic carbocycles. The number of para-hydroxylation sites is 6. The van der Waals surface area contributed by atoms with Crippen LogP contribution >= 0.6 is 0 Å². The van der Waals surface area contributed by atoms with Crippen LogP contribution in [0.15, 0.2) is 194 Å². The molecule has 338 valence electrons. The van der Waals surface area contributed by atoms with Gasteiger partial charge in [-0.15, -0.1) is 0 Å². The van der Waals surface area contributed by atoms with Gasteiger partial charge in [-0.2, -0.15) is 0 Å². The molecule has 0 bridgehead atoms. The van der Waals surface area contributed by atoms with Crippen LogP contribution in [-0.4, -0.2) is 43.8 Å². The first-order valence-electron chi connectivity index (χ1n) is 26.8. The van der Waals surface area contributed by atoms with E-state index in [4.69, 9.17) is 0 Å². The van der Waals surface area contributed by atoms with Gasteiger partial charge in [0.15, 0.2) is 0 Å². The predicted octanol–water partition coefficient (Wildman–Crippen LogP) is 12.5. The van der Waals surface area contributed by atoms with E-state index in [1.165, 1.54) is 143 Å². The van der Waals surface area contributed by atoms with Gasteiger partial charge >= 0.3 is 0 Å². The van der Waals surface area contributed by atoms with E-state index in [0.717, 1.165) is 0 Å². The van der Waals surface area contributed by atoms with E-state index < -0.39 is 0 Å². The highest BCUT2D eigenvalue weighted by Crippen LogP contribution is 2.70. The lowest BCUT2D eigenvalue weighted by atomic mass is 9.21. The topological polar surface area (TPSA) is 26.2 Å². The zero-order valence-electron chi connectivity index (χ0n) is 39.8. The normalized spacial score (nSPS) is 21.9. The molecule has 0 radical (unpaired) electrons. The SMILES string of the molecule is c1ccc2c(c1)c1ccccc1n2-c1ccc2c(c1)B1c3cc(-n4c5ccccc5c5ccccc54)ccc3N3c4cccc5c6ccc7c8c6n(c45)[C@@H]4C3C1C1C3[C@@H]4B8c4c-7ccc5c6cccc(c6n3c45)N21. The summed E-state index contributed by atoms with van der Waals surface area (Å²) in [5.74, 6) is 0.605. The minimum Gasteiger partial charge on any atom is -0.335 e. The van der Waals surface area contributed by atoms with Crippen LogP contribution in [0.3, 0.4) is 0 Å². The van der Waals surface area contributed by atoms with E-state index in [-0.39, 0.29) is 36.7 Å². The largest absolute Gasteiger partial charge is 0.335 e. The number of nitrogens with zero attached hydrogens (tertiary/aromatic N) is 6. The maximum Gasteiger partial charge on any atom is 0.223 e. The molecule has 6 atom stereocenters. The molecule has 0 spiro atoms. The van der Waals surface area contributed by atoms with Crippen molar-refractivity contribution in [2.45, 2.75) is 35.8 Å². The second-order valence-electron chi connectivity index (χ2n) is 23.0. The molecule has 4 aromatic heterocycles. The molecule has 22 rings (SSSR count). The summed E-state index contributed by atoms with van der Waals surface area (Å²) in [5.41, 5.74) is 27.8. The zero-order chi connectivity index (χ0) is 46.9. The molecule has 0 saturated heterocycles. The maximum atomic E-state index is 2.97. The Morgan fingerprint density at radius 3 is 1.14 bits per heavy atom. The standard InChI is InChI=1S/C66H38B2N6/c1-5-17-47-35(11-1)36-12-2-6-18-48(36)69(47)33-23-29-51-45(31-33)67-46-32-34(70-49-19-7-3-13-37(49)38-14-4-8-20-50(38)70)24-30-52(46)72-54-22-10-16-42-44-28-26-40-39-25-27-43-41-15-9-21-53-59(41)73-61(43)55(39)68-56(40)62(44)74(60(42)54)66-58(68)65(73)63(71(51)53)57(67)64(66)72/h1-32,57-58,63-66H/t57?,58-,63?,64?,65+,66?/m1/s1. The van der Waals surface area contributed by atoms with Gasteiger partial charge in [0.1, 0.15) is 0 Å². The van der Waals surface area contributed by atoms with Gasteiger partial charge in [0.2, 0.25) is 13.4 Å². The highest BCUT2D eigenvalue weighted by atomic mass is 15.3. The van der Waals surface area contributed by atoms with Crippen molar-refractivity contribution in [3.63, 3.8) is 0 Å². The summed E-state index contributed by atoms with van der Waals surface area (Å²) in [7, 11) is 0. The summed E-state index contributed by atoms with van der Waals surface area (Å²) in [4.78, 5) is 5.86. The van der Waals surface area contributed by atoms with Crippen LogP contribution in [0.5, 0.6) is 0 Å². The summed E-state index contributed by atoms with van der Waals surface area (Å²) in [6, 6.07) is 76.8. The lowest BCUT2D eigenvalue weighted by Crippen LogP contribution is -2.76. The fraction of sp³-hybridized carbons (Fsp3) is 0.0909. The van der Waals surface area contributed by atoms with Crippen LogP contribution in [0, 0.1) is 0 Å². The van der Waals surface area contributed by atoms with E-state index in [1.54, 1.807) is 10.9 Å². The van der Waals surface area contributed by atoms with Crippen molar-refractivity contribution in [1.29, 1.82) is 0 Å². The summed E-state index contributed by atoms with van der Waals surface area (Å²) < 4.78 is 11.0. The molecule has 4 unspecified atom stereocenters. The number of hydrogen-bond donors (Lipinski definition) is 0. The Kier molecular flexibility index (Phi) is 5.61. The number of rotatable bonds is 2. The molecular weight excluding hydrogens is 898 g/mol. The Balaban J connectivity index is 0.933. The second-order valence-corrected chi connectivity index (χ2v) is 23.0. The molecule has 1 fully saturated rings. The van der Waals surface area contributed by atoms with Gasteiger partial charge in [-0.05, 0) is 117 Å². The monoisotopic (exact) mass is 936 g/mol. The summed E-state index contributed by atoms with van der Waals surface area (Å²) in [6.07, 6.45) is 0. The average Bonchev–Trinajstić information content (AvgIpc) is 4.42. The lowest BCUT2D eigenvalue weighted by molar-refractivity contribution is 0.203. The molecule has 8 aliphatic rings. The van der Waals surface area contributed by atoms with Gasteiger partial charge in [0, 0.05) is 76.9 Å². The van der Waals surface area contributed by atoms with Crippen molar-refractivity contribution in [1.82, 2.24) is 18.3 Å². The van der Waals surface area contributed by atoms with Gasteiger partial charge in [-0.25, -0.2) is 0 Å². The summed E-state index contributed by atoms with van der Waals surface area (Å²) in [6.45, 7) is 0.438. The fourth-order valence-corrected chi connectivity index (χ4v) is 18.6. The Morgan fingerprint density at radius 1 is 0.297 bits per heavy atom. The highest BCUT2D eigenvalue weighted by molar-refractivity contribution is 6.95. The third-order valence-corrected chi connectivity index (χ3v) is 20.6. The number of benzene rings is 10. The molecule has 6 nitrogen and oxygen atoms in total. The Hall–Kier alpha value is -8.87. The first kappa shape index (κ1) is 36.1. The Bertz CT molecular complexity index is 4720. The fourth-order valence-electron chi connectivity index (χ4n) is 18.6. The van der Waals surface area contributed by atoms with Gasteiger partial charge in [-0.3, -0.25) is 0 Å². The molecule has 14 aromatic rings. The molecule has 74 heavy (non-hydrogen) atoms. The molecule has 8 heteroatoms. The molecule has 0 amide bonds. The van der Waals surface area contributed by atoms with E-state index in [0.29, 0.717) is 12.5 Å². The van der Waals surface area contributed by atoms with Crippen molar-refractivity contribution in [2.24, 2.45) is 0 Å². The number of anilines is 4. The van der Waals surface area contributed by atoms with Crippen molar-refractivity contribution in [3.05, 3.63) is 194 Å². The molecule has 1 saturated carbocycles. The predicted molar refractivity (Wildman–Crippen MR) is 307 cm³/mol. The smallest absolute Gasteiger partial charge is 0.223 e. The van der Waals surface area contributed by atoms with Crippen LogP contribution in [0.4, 0.5) is 22.7 Å². The van der Waals surface area contributed by atoms with Gasteiger partial charge in [0.25, 0.3) is 0 Å². The van der Waals surface area contributed by atoms with E-state index in [9.17, 15) is 0 Å². The van der Waals surface area contributed by atoms with Gasteiger partial charge < -0.3 is 28.1 Å². The Labute approximate surface area is 423 Å². The van der Waals surface area contributed by atoms with E-state index in [1.807, 2.05) is 0 Å². The van der Waals surface area contributed by atoms with Crippen molar-refractivity contribution in [3.8, 4) is 22.5 Å². The first-order valence-corrected chi connectivity index (χ1v) is 26.8. The van der Waals surface area contributed by atoms with Gasteiger partial charge in [-0.1, -0.05) is 121 Å². The number of fused-ring (bicyclic) bond motifs is 17. The summed E-state index contributed by atoms with van der Waals surface area (Å²) >= 11 is 0. The molecule has 10 aromatic carbocycles. The minimum atomic E-state index is 0.104.